The van der Waals surface area contributed by atoms with Gasteiger partial charge in [-0.05, 0) is 19.1 Å². The highest BCUT2D eigenvalue weighted by Crippen LogP contribution is 2.16. The van der Waals surface area contributed by atoms with Gasteiger partial charge in [0.1, 0.15) is 6.26 Å². The second kappa shape index (κ2) is 10.2. The van der Waals surface area contributed by atoms with Crippen molar-refractivity contribution in [3.63, 3.8) is 0 Å². The van der Waals surface area contributed by atoms with Crippen molar-refractivity contribution in [3.8, 4) is 0 Å². The summed E-state index contributed by atoms with van der Waals surface area (Å²) in [6.07, 6.45) is 1.63. The summed E-state index contributed by atoms with van der Waals surface area (Å²) in [4.78, 5) is 10.9. The lowest BCUT2D eigenvalue weighted by Crippen LogP contribution is -2.52. The van der Waals surface area contributed by atoms with Crippen molar-refractivity contribution in [1.82, 2.24) is 20.3 Å². The standard InChI is InChI=1S/C19H27N5OS/c1-2-20-19(21-9-15-26-18-6-4-3-5-7-18)24-12-10-23(11-13-24)16-17-8-14-25-22-17/h3-8,14H,2,9-13,15-16H2,1H3,(H,20,21). The molecule has 0 atom stereocenters. The maximum atomic E-state index is 4.92. The van der Waals surface area contributed by atoms with E-state index in [9.17, 15) is 0 Å². The van der Waals surface area contributed by atoms with E-state index in [4.69, 9.17) is 9.52 Å². The van der Waals surface area contributed by atoms with Crippen LogP contribution in [0.2, 0.25) is 0 Å². The van der Waals surface area contributed by atoms with Gasteiger partial charge in [-0.1, -0.05) is 23.4 Å². The summed E-state index contributed by atoms with van der Waals surface area (Å²) in [6.45, 7) is 8.67. The highest BCUT2D eigenvalue weighted by molar-refractivity contribution is 7.99. The van der Waals surface area contributed by atoms with Gasteiger partial charge in [0.15, 0.2) is 5.96 Å². The van der Waals surface area contributed by atoms with Gasteiger partial charge in [-0.2, -0.15) is 0 Å². The molecule has 6 nitrogen and oxygen atoms in total. The Balaban J connectivity index is 1.45. The van der Waals surface area contributed by atoms with Gasteiger partial charge in [0, 0.05) is 56.0 Å². The molecule has 7 heteroatoms. The number of nitrogens with one attached hydrogen (secondary N) is 1. The average molecular weight is 374 g/mol. The highest BCUT2D eigenvalue weighted by Gasteiger charge is 2.20. The summed E-state index contributed by atoms with van der Waals surface area (Å²) in [7, 11) is 0. The number of rotatable bonds is 7. The molecule has 0 spiro atoms. The number of aromatic nitrogens is 1. The largest absolute Gasteiger partial charge is 0.364 e. The zero-order valence-electron chi connectivity index (χ0n) is 15.3. The molecule has 2 aromatic rings. The van der Waals surface area contributed by atoms with E-state index in [1.165, 1.54) is 4.90 Å². The molecule has 0 aliphatic carbocycles. The summed E-state index contributed by atoms with van der Waals surface area (Å²) < 4.78 is 4.92. The molecule has 0 bridgehead atoms. The Morgan fingerprint density at radius 2 is 2.00 bits per heavy atom. The number of piperazine rings is 1. The molecule has 0 unspecified atom stereocenters. The molecule has 0 radical (unpaired) electrons. The Bertz CT molecular complexity index is 654. The van der Waals surface area contributed by atoms with E-state index in [0.717, 1.165) is 63.2 Å². The lowest BCUT2D eigenvalue weighted by atomic mass is 10.3. The Morgan fingerprint density at radius 1 is 1.19 bits per heavy atom. The minimum absolute atomic E-state index is 0.820. The van der Waals surface area contributed by atoms with Gasteiger partial charge in [0.25, 0.3) is 0 Å². The van der Waals surface area contributed by atoms with Crippen molar-refractivity contribution < 1.29 is 4.52 Å². The lowest BCUT2D eigenvalue weighted by molar-refractivity contribution is 0.169. The first-order valence-electron chi connectivity index (χ1n) is 9.18. The van der Waals surface area contributed by atoms with Crippen LogP contribution in [0.15, 0.2) is 57.1 Å². The minimum Gasteiger partial charge on any atom is -0.364 e. The molecule has 2 heterocycles. The molecule has 1 saturated heterocycles. The summed E-state index contributed by atoms with van der Waals surface area (Å²) in [5.74, 6) is 2.02. The molecule has 1 aliphatic heterocycles. The van der Waals surface area contributed by atoms with Crippen LogP contribution in [0.5, 0.6) is 0 Å². The number of benzene rings is 1. The summed E-state index contributed by atoms with van der Waals surface area (Å²) in [5.41, 5.74) is 0.997. The zero-order valence-corrected chi connectivity index (χ0v) is 16.1. The first kappa shape index (κ1) is 18.8. The van der Waals surface area contributed by atoms with Crippen LogP contribution < -0.4 is 5.32 Å². The topological polar surface area (TPSA) is 56.9 Å². The van der Waals surface area contributed by atoms with Gasteiger partial charge in [-0.25, -0.2) is 0 Å². The van der Waals surface area contributed by atoms with E-state index in [0.29, 0.717) is 0 Å². The lowest BCUT2D eigenvalue weighted by Gasteiger charge is -2.36. The second-order valence-corrected chi connectivity index (χ2v) is 7.32. The third-order valence-electron chi connectivity index (χ3n) is 4.25. The third-order valence-corrected chi connectivity index (χ3v) is 5.24. The van der Waals surface area contributed by atoms with Crippen LogP contribution in [0.4, 0.5) is 0 Å². The predicted molar refractivity (Wildman–Crippen MR) is 106 cm³/mol. The van der Waals surface area contributed by atoms with E-state index in [2.05, 4.69) is 51.5 Å². The predicted octanol–water partition coefficient (Wildman–Crippen LogP) is 2.55. The van der Waals surface area contributed by atoms with Crippen LogP contribution in [0.25, 0.3) is 0 Å². The van der Waals surface area contributed by atoms with Crippen LogP contribution in [-0.2, 0) is 6.54 Å². The smallest absolute Gasteiger partial charge is 0.194 e. The molecule has 1 aromatic heterocycles. The van der Waals surface area contributed by atoms with E-state index in [1.54, 1.807) is 6.26 Å². The van der Waals surface area contributed by atoms with E-state index in [-0.39, 0.29) is 0 Å². The maximum absolute atomic E-state index is 4.92. The van der Waals surface area contributed by atoms with Gasteiger partial charge in [-0.3, -0.25) is 9.89 Å². The maximum Gasteiger partial charge on any atom is 0.194 e. The Labute approximate surface area is 159 Å². The van der Waals surface area contributed by atoms with Crippen LogP contribution in [-0.4, -0.2) is 65.9 Å². The van der Waals surface area contributed by atoms with Crippen LogP contribution >= 0.6 is 11.8 Å². The van der Waals surface area contributed by atoms with Crippen molar-refractivity contribution in [2.24, 2.45) is 4.99 Å². The van der Waals surface area contributed by atoms with Crippen LogP contribution in [0.3, 0.4) is 0 Å². The molecule has 1 aliphatic rings. The molecule has 0 saturated carbocycles. The number of nitrogens with zero attached hydrogens (tertiary/aromatic N) is 4. The monoisotopic (exact) mass is 373 g/mol. The fraction of sp³-hybridized carbons (Fsp3) is 0.474. The SMILES string of the molecule is CCNC(=NCCSc1ccccc1)N1CCN(Cc2ccon2)CC1. The van der Waals surface area contributed by atoms with Gasteiger partial charge in [0.05, 0.1) is 12.2 Å². The number of hydrogen-bond donors (Lipinski definition) is 1. The normalized spacial score (nSPS) is 16.0. The van der Waals surface area contributed by atoms with E-state index < -0.39 is 0 Å². The summed E-state index contributed by atoms with van der Waals surface area (Å²) in [5, 5.41) is 7.43. The molecular weight excluding hydrogens is 346 g/mol. The van der Waals surface area contributed by atoms with Crippen molar-refractivity contribution in [3.05, 3.63) is 48.4 Å². The molecule has 1 fully saturated rings. The van der Waals surface area contributed by atoms with Gasteiger partial charge in [0.2, 0.25) is 0 Å². The van der Waals surface area contributed by atoms with Crippen molar-refractivity contribution in [1.29, 1.82) is 0 Å². The Morgan fingerprint density at radius 3 is 2.69 bits per heavy atom. The molecule has 1 aromatic carbocycles. The molecule has 3 rings (SSSR count). The van der Waals surface area contributed by atoms with E-state index in [1.807, 2.05) is 23.9 Å². The highest BCUT2D eigenvalue weighted by atomic mass is 32.2. The van der Waals surface area contributed by atoms with Crippen molar-refractivity contribution >= 4 is 17.7 Å². The van der Waals surface area contributed by atoms with Gasteiger partial charge < -0.3 is 14.7 Å². The number of hydrogen-bond acceptors (Lipinski definition) is 5. The quantitative estimate of drug-likeness (QED) is 0.348. The fourth-order valence-electron chi connectivity index (χ4n) is 2.92. The van der Waals surface area contributed by atoms with Gasteiger partial charge in [-0.15, -0.1) is 11.8 Å². The zero-order chi connectivity index (χ0) is 18.0. The minimum atomic E-state index is 0.820. The molecule has 26 heavy (non-hydrogen) atoms. The first-order chi connectivity index (χ1) is 12.8. The van der Waals surface area contributed by atoms with Gasteiger partial charge >= 0.3 is 0 Å². The van der Waals surface area contributed by atoms with Crippen molar-refractivity contribution in [2.45, 2.75) is 18.4 Å². The second-order valence-electron chi connectivity index (χ2n) is 6.15. The average Bonchev–Trinajstić information content (AvgIpc) is 3.19. The molecule has 140 valence electrons. The van der Waals surface area contributed by atoms with Crippen LogP contribution in [0, 0.1) is 0 Å². The van der Waals surface area contributed by atoms with Crippen LogP contribution in [0.1, 0.15) is 12.6 Å². The first-order valence-corrected chi connectivity index (χ1v) is 10.2. The molecule has 0 amide bonds. The Hall–Kier alpha value is -1.99. The summed E-state index contributed by atoms with van der Waals surface area (Å²) in [6, 6.07) is 12.4. The number of thioether (sulfide) groups is 1. The van der Waals surface area contributed by atoms with E-state index >= 15 is 0 Å². The van der Waals surface area contributed by atoms with Crippen molar-refractivity contribution in [2.75, 3.05) is 45.0 Å². The summed E-state index contributed by atoms with van der Waals surface area (Å²) >= 11 is 1.85. The molecule has 1 N–H and O–H groups in total. The number of guanidine groups is 1. The third kappa shape index (κ3) is 5.78. The fourth-order valence-corrected chi connectivity index (χ4v) is 3.69. The molecular formula is C19H27N5OS. The number of aliphatic imine (C=N–C) groups is 1. The Kier molecular flexibility index (Phi) is 7.39.